The Morgan fingerprint density at radius 1 is 1.23 bits per heavy atom. The summed E-state index contributed by atoms with van der Waals surface area (Å²) in [6.45, 7) is 6.58. The summed E-state index contributed by atoms with van der Waals surface area (Å²) >= 11 is 0. The fourth-order valence-electron chi connectivity index (χ4n) is 4.41. The molecule has 35 heavy (non-hydrogen) atoms. The minimum Gasteiger partial charge on any atom is -0.841 e. The molecule has 1 aliphatic carbocycles. The number of likely N-dealkylation sites (tertiary alicyclic amines) is 1. The molecular weight excluding hydrogens is 461 g/mol. The molecule has 0 saturated carbocycles. The van der Waals surface area contributed by atoms with Crippen molar-refractivity contribution < 1.29 is 32.5 Å². The Bertz CT molecular complexity index is 880. The van der Waals surface area contributed by atoms with Crippen molar-refractivity contribution in [1.82, 2.24) is 10.2 Å². The lowest BCUT2D eigenvalue weighted by atomic mass is 9.85. The summed E-state index contributed by atoms with van der Waals surface area (Å²) in [4.78, 5) is 13.9. The summed E-state index contributed by atoms with van der Waals surface area (Å²) in [6.07, 6.45) is 0.789. The molecular formula is C26H36F3N2O4-. The van der Waals surface area contributed by atoms with Crippen LogP contribution in [0.4, 0.5) is 18.0 Å². The summed E-state index contributed by atoms with van der Waals surface area (Å²) in [5, 5.41) is 14.4. The van der Waals surface area contributed by atoms with Gasteiger partial charge >= 0.3 is 6.09 Å². The molecule has 2 aliphatic rings. The number of piperidine rings is 1. The Hall–Kier alpha value is -2.26. The van der Waals surface area contributed by atoms with Gasteiger partial charge in [0, 0.05) is 24.7 Å². The average Bonchev–Trinajstić information content (AvgIpc) is 2.80. The molecule has 1 heterocycles. The van der Waals surface area contributed by atoms with E-state index in [1.54, 1.807) is 17.0 Å². The molecule has 1 aromatic carbocycles. The van der Waals surface area contributed by atoms with E-state index >= 15 is 0 Å². The van der Waals surface area contributed by atoms with Crippen LogP contribution in [0.25, 0.3) is 5.57 Å². The van der Waals surface area contributed by atoms with E-state index in [4.69, 9.17) is 9.47 Å². The number of carbonyl (C=O) groups is 1. The molecule has 0 radical (unpaired) electrons. The van der Waals surface area contributed by atoms with Crippen LogP contribution < -0.4 is 15.2 Å². The molecule has 0 spiro atoms. The van der Waals surface area contributed by atoms with Crippen molar-refractivity contribution in [3.63, 3.8) is 0 Å². The molecule has 2 atom stereocenters. The summed E-state index contributed by atoms with van der Waals surface area (Å²) in [5.74, 6) is 0.0467. The van der Waals surface area contributed by atoms with Crippen LogP contribution >= 0.6 is 0 Å². The first kappa shape index (κ1) is 27.3. The van der Waals surface area contributed by atoms with Crippen LogP contribution in [-0.2, 0) is 4.74 Å². The molecule has 6 nitrogen and oxygen atoms in total. The molecule has 1 aromatic rings. The lowest BCUT2D eigenvalue weighted by molar-refractivity contribution is -0.443. The molecule has 2 unspecified atom stereocenters. The van der Waals surface area contributed by atoms with Gasteiger partial charge in [-0.15, -0.1) is 0 Å². The second kappa shape index (κ2) is 12.1. The molecule has 3 rings (SSSR count). The highest BCUT2D eigenvalue weighted by Gasteiger charge is 2.27. The molecule has 0 bridgehead atoms. The van der Waals surface area contributed by atoms with Crippen LogP contribution in [0.15, 0.2) is 24.3 Å². The molecule has 1 N–H and O–H groups in total. The minimum absolute atomic E-state index is 0.271. The minimum atomic E-state index is -2.55. The number of allylic oxidation sites excluding steroid dienone is 2. The average molecular weight is 498 g/mol. The van der Waals surface area contributed by atoms with Crippen molar-refractivity contribution in [2.24, 2.45) is 11.8 Å². The van der Waals surface area contributed by atoms with E-state index < -0.39 is 24.8 Å². The van der Waals surface area contributed by atoms with Crippen LogP contribution in [0.3, 0.4) is 0 Å². The SMILES string of the molecule is CC(C)(C)OC(=O)N1CCC(COc2ccc(C3=CCC(C([O-])NCC(F)F)CC3)c(F)c2)CC1. The first-order valence-corrected chi connectivity index (χ1v) is 12.3. The number of amides is 1. The van der Waals surface area contributed by atoms with Crippen LogP contribution in [0.5, 0.6) is 5.75 Å². The van der Waals surface area contributed by atoms with E-state index in [9.17, 15) is 23.1 Å². The Labute approximate surface area is 205 Å². The number of benzene rings is 1. The number of halogens is 3. The van der Waals surface area contributed by atoms with E-state index in [1.807, 2.05) is 26.8 Å². The van der Waals surface area contributed by atoms with Crippen LogP contribution in [-0.4, -0.2) is 55.5 Å². The van der Waals surface area contributed by atoms with Crippen LogP contribution in [0, 0.1) is 17.7 Å². The third-order valence-electron chi connectivity index (χ3n) is 6.39. The molecule has 1 amide bonds. The van der Waals surface area contributed by atoms with E-state index in [-0.39, 0.29) is 23.7 Å². The number of ether oxygens (including phenoxy) is 2. The Morgan fingerprint density at radius 2 is 1.94 bits per heavy atom. The molecule has 9 heteroatoms. The van der Waals surface area contributed by atoms with Gasteiger partial charge in [0.1, 0.15) is 17.2 Å². The van der Waals surface area contributed by atoms with Gasteiger partial charge in [-0.3, -0.25) is 0 Å². The number of rotatable bonds is 8. The van der Waals surface area contributed by atoms with Gasteiger partial charge in [0.25, 0.3) is 6.43 Å². The molecule has 196 valence electrons. The Morgan fingerprint density at radius 3 is 2.51 bits per heavy atom. The monoisotopic (exact) mass is 497 g/mol. The summed E-state index contributed by atoms with van der Waals surface area (Å²) in [5.41, 5.74) is 0.778. The third kappa shape index (κ3) is 8.42. The normalized spacial score (nSPS) is 20.5. The lowest BCUT2D eigenvalue weighted by Gasteiger charge is -2.35. The highest BCUT2D eigenvalue weighted by molar-refractivity contribution is 5.68. The highest BCUT2D eigenvalue weighted by atomic mass is 19.3. The van der Waals surface area contributed by atoms with Crippen molar-refractivity contribution in [2.45, 2.75) is 71.1 Å². The fourth-order valence-corrected chi connectivity index (χ4v) is 4.41. The van der Waals surface area contributed by atoms with Gasteiger partial charge in [0.05, 0.1) is 13.2 Å². The van der Waals surface area contributed by atoms with E-state index in [1.165, 1.54) is 6.07 Å². The van der Waals surface area contributed by atoms with Crippen LogP contribution in [0.1, 0.15) is 58.4 Å². The standard InChI is InChI=1S/C26H36F3N2O4/c1-26(2,3)35-25(33)31-12-10-17(11-13-31)16-34-20-8-9-21(22(27)14-20)18-4-6-19(7-5-18)24(32)30-15-23(28)29/h4,8-9,14,17,19,23-24,30H,5-7,10-13,15-16H2,1-3H3/q-1. The predicted octanol–water partition coefficient (Wildman–Crippen LogP) is 4.58. The summed E-state index contributed by atoms with van der Waals surface area (Å²) in [6, 6.07) is 4.80. The smallest absolute Gasteiger partial charge is 0.410 e. The number of alkyl halides is 2. The maximum Gasteiger partial charge on any atom is 0.410 e. The van der Waals surface area contributed by atoms with Gasteiger partial charge in [-0.2, -0.15) is 0 Å². The predicted molar refractivity (Wildman–Crippen MR) is 126 cm³/mol. The van der Waals surface area contributed by atoms with Crippen molar-refractivity contribution in [1.29, 1.82) is 0 Å². The van der Waals surface area contributed by atoms with Gasteiger partial charge in [0.15, 0.2) is 0 Å². The van der Waals surface area contributed by atoms with E-state index in [0.717, 1.165) is 18.4 Å². The topological polar surface area (TPSA) is 73.9 Å². The number of hydrogen-bond donors (Lipinski definition) is 1. The fraction of sp³-hybridized carbons (Fsp3) is 0.654. The lowest BCUT2D eigenvalue weighted by Crippen LogP contribution is -2.48. The first-order chi connectivity index (χ1) is 16.5. The van der Waals surface area contributed by atoms with Crippen molar-refractivity contribution in [2.75, 3.05) is 26.2 Å². The second-order valence-corrected chi connectivity index (χ2v) is 10.3. The maximum atomic E-state index is 14.8. The number of hydrogen-bond acceptors (Lipinski definition) is 5. The van der Waals surface area contributed by atoms with E-state index in [0.29, 0.717) is 50.3 Å². The largest absolute Gasteiger partial charge is 0.841 e. The van der Waals surface area contributed by atoms with Crippen LogP contribution in [0.2, 0.25) is 0 Å². The zero-order chi connectivity index (χ0) is 25.6. The number of carbonyl (C=O) groups excluding carboxylic acids is 1. The second-order valence-electron chi connectivity index (χ2n) is 10.3. The quantitative estimate of drug-likeness (QED) is 0.533. The number of nitrogens with zero attached hydrogens (tertiary/aromatic N) is 1. The summed E-state index contributed by atoms with van der Waals surface area (Å²) < 4.78 is 50.6. The highest BCUT2D eigenvalue weighted by Crippen LogP contribution is 2.33. The Balaban J connectivity index is 1.46. The van der Waals surface area contributed by atoms with Gasteiger partial charge in [-0.1, -0.05) is 12.3 Å². The maximum absolute atomic E-state index is 14.8. The molecule has 1 saturated heterocycles. The zero-order valence-corrected chi connectivity index (χ0v) is 20.7. The Kier molecular flexibility index (Phi) is 9.47. The van der Waals surface area contributed by atoms with Gasteiger partial charge in [-0.25, -0.2) is 18.0 Å². The zero-order valence-electron chi connectivity index (χ0n) is 20.7. The van der Waals surface area contributed by atoms with Gasteiger partial charge in [-0.05, 0) is 82.4 Å². The summed E-state index contributed by atoms with van der Waals surface area (Å²) in [7, 11) is 0. The molecule has 1 aliphatic heterocycles. The van der Waals surface area contributed by atoms with Crippen molar-refractivity contribution in [3.05, 3.63) is 35.7 Å². The van der Waals surface area contributed by atoms with Gasteiger partial charge in [0.2, 0.25) is 0 Å². The molecule has 1 fully saturated rings. The third-order valence-corrected chi connectivity index (χ3v) is 6.39. The van der Waals surface area contributed by atoms with Crippen molar-refractivity contribution >= 4 is 11.7 Å². The van der Waals surface area contributed by atoms with Crippen molar-refractivity contribution in [3.8, 4) is 5.75 Å². The van der Waals surface area contributed by atoms with E-state index in [2.05, 4.69) is 5.32 Å². The number of nitrogens with one attached hydrogen (secondary N) is 1. The van der Waals surface area contributed by atoms with Gasteiger partial charge < -0.3 is 24.8 Å². The first-order valence-electron chi connectivity index (χ1n) is 12.3. The molecule has 0 aromatic heterocycles.